The van der Waals surface area contributed by atoms with E-state index in [0.717, 1.165) is 5.56 Å². The van der Waals surface area contributed by atoms with E-state index in [-0.39, 0.29) is 30.6 Å². The van der Waals surface area contributed by atoms with Gasteiger partial charge in [0.2, 0.25) is 0 Å². The molecule has 0 aliphatic rings. The van der Waals surface area contributed by atoms with Gasteiger partial charge in [-0.05, 0) is 5.56 Å². The van der Waals surface area contributed by atoms with Gasteiger partial charge in [-0.15, -0.1) is 24.8 Å². The number of hydrogen-bond donors (Lipinski definition) is 3. The van der Waals surface area contributed by atoms with E-state index in [1.165, 1.54) is 0 Å². The van der Waals surface area contributed by atoms with Crippen LogP contribution in [0.1, 0.15) is 11.1 Å². The number of halogens is 2. The monoisotopic (exact) mass is 237 g/mol. The summed E-state index contributed by atoms with van der Waals surface area (Å²) in [5.74, 6) is 0.110. The Kier molecular flexibility index (Phi) is 8.23. The molecule has 4 nitrogen and oxygen atoms in total. The third-order valence-corrected chi connectivity index (χ3v) is 1.59. The van der Waals surface area contributed by atoms with Crippen molar-refractivity contribution in [2.24, 2.45) is 16.6 Å². The molecule has 1 rings (SSSR count). The molecule has 0 aliphatic heterocycles. The molecule has 0 bridgehead atoms. The summed E-state index contributed by atoms with van der Waals surface area (Å²) in [4.78, 5) is 0. The quantitative estimate of drug-likeness (QED) is 0.312. The van der Waals surface area contributed by atoms with Crippen LogP contribution in [0.25, 0.3) is 0 Å². The molecule has 0 atom stereocenters. The Bertz CT molecular complexity index is 287. The highest BCUT2D eigenvalue weighted by Gasteiger charge is 1.97. The van der Waals surface area contributed by atoms with E-state index in [1.807, 2.05) is 12.1 Å². The number of benzene rings is 1. The molecule has 14 heavy (non-hydrogen) atoms. The molecule has 0 saturated carbocycles. The van der Waals surface area contributed by atoms with Crippen LogP contribution in [0.5, 0.6) is 0 Å². The summed E-state index contributed by atoms with van der Waals surface area (Å²) in [5.41, 5.74) is 12.5. The van der Waals surface area contributed by atoms with Crippen molar-refractivity contribution in [1.82, 2.24) is 0 Å². The van der Waals surface area contributed by atoms with Crippen LogP contribution in [0.3, 0.4) is 0 Å². The summed E-state index contributed by atoms with van der Waals surface area (Å²) in [5, 5.41) is 11.2. The molecule has 1 aromatic rings. The van der Waals surface area contributed by atoms with Crippen LogP contribution in [-0.2, 0) is 6.54 Å². The van der Waals surface area contributed by atoms with Crippen LogP contribution >= 0.6 is 24.8 Å². The van der Waals surface area contributed by atoms with Gasteiger partial charge in [0, 0.05) is 12.1 Å². The third-order valence-electron chi connectivity index (χ3n) is 1.59. The lowest BCUT2D eigenvalue weighted by Gasteiger charge is -1.99. The van der Waals surface area contributed by atoms with E-state index in [2.05, 4.69) is 5.16 Å². The molecule has 0 fully saturated rings. The fourth-order valence-electron chi connectivity index (χ4n) is 0.869. The predicted molar refractivity (Wildman–Crippen MR) is 61.3 cm³/mol. The van der Waals surface area contributed by atoms with E-state index in [0.29, 0.717) is 12.1 Å². The summed E-state index contributed by atoms with van der Waals surface area (Å²) >= 11 is 0. The molecule has 0 aliphatic carbocycles. The smallest absolute Gasteiger partial charge is 0.170 e. The van der Waals surface area contributed by atoms with Gasteiger partial charge in [-0.3, -0.25) is 0 Å². The lowest BCUT2D eigenvalue weighted by atomic mass is 10.1. The van der Waals surface area contributed by atoms with Crippen molar-refractivity contribution in [2.75, 3.05) is 0 Å². The van der Waals surface area contributed by atoms with Crippen molar-refractivity contribution in [2.45, 2.75) is 6.54 Å². The number of nitrogens with zero attached hydrogens (tertiary/aromatic N) is 1. The van der Waals surface area contributed by atoms with E-state index in [4.69, 9.17) is 16.7 Å². The topological polar surface area (TPSA) is 84.6 Å². The highest BCUT2D eigenvalue weighted by atomic mass is 35.5. The number of nitrogens with two attached hydrogens (primary N) is 2. The molecular formula is C8H13Cl2N3O. The van der Waals surface area contributed by atoms with E-state index < -0.39 is 0 Å². The Morgan fingerprint density at radius 3 is 2.07 bits per heavy atom. The minimum absolute atomic E-state index is 0. The normalized spacial score (nSPS) is 9.93. The van der Waals surface area contributed by atoms with Crippen LogP contribution < -0.4 is 11.5 Å². The SMILES string of the molecule is Cl.Cl.NCc1ccc(/C(N)=N/O)cc1. The molecule has 80 valence electrons. The maximum Gasteiger partial charge on any atom is 0.170 e. The van der Waals surface area contributed by atoms with E-state index in [9.17, 15) is 0 Å². The second-order valence-corrected chi connectivity index (χ2v) is 2.39. The second kappa shape index (κ2) is 7.44. The Morgan fingerprint density at radius 2 is 1.71 bits per heavy atom. The first-order valence-corrected chi connectivity index (χ1v) is 3.55. The first-order valence-electron chi connectivity index (χ1n) is 3.55. The maximum atomic E-state index is 8.35. The number of hydrogen-bond acceptors (Lipinski definition) is 3. The van der Waals surface area contributed by atoms with Gasteiger partial charge in [-0.1, -0.05) is 29.4 Å². The minimum Gasteiger partial charge on any atom is -0.409 e. The Hall–Kier alpha value is -0.970. The molecule has 0 radical (unpaired) electrons. The van der Waals surface area contributed by atoms with Gasteiger partial charge in [-0.2, -0.15) is 0 Å². The fraction of sp³-hybridized carbons (Fsp3) is 0.125. The highest BCUT2D eigenvalue weighted by molar-refractivity contribution is 5.96. The Labute approximate surface area is 94.8 Å². The zero-order chi connectivity index (χ0) is 8.97. The fourth-order valence-corrected chi connectivity index (χ4v) is 0.869. The van der Waals surface area contributed by atoms with Crippen LogP contribution in [-0.4, -0.2) is 11.0 Å². The average molecular weight is 238 g/mol. The van der Waals surface area contributed by atoms with Crippen molar-refractivity contribution < 1.29 is 5.21 Å². The highest BCUT2D eigenvalue weighted by Crippen LogP contribution is 2.02. The van der Waals surface area contributed by atoms with Crippen LogP contribution in [0, 0.1) is 0 Å². The van der Waals surface area contributed by atoms with Gasteiger partial charge >= 0.3 is 0 Å². The largest absolute Gasteiger partial charge is 0.409 e. The summed E-state index contributed by atoms with van der Waals surface area (Å²) in [6.45, 7) is 0.496. The second-order valence-electron chi connectivity index (χ2n) is 2.39. The van der Waals surface area contributed by atoms with Gasteiger partial charge in [0.25, 0.3) is 0 Å². The minimum atomic E-state index is 0. The first-order chi connectivity index (χ1) is 5.77. The lowest BCUT2D eigenvalue weighted by molar-refractivity contribution is 0.318. The Balaban J connectivity index is 0. The molecule has 0 saturated heterocycles. The van der Waals surface area contributed by atoms with E-state index in [1.54, 1.807) is 12.1 Å². The molecular weight excluding hydrogens is 225 g/mol. The summed E-state index contributed by atoms with van der Waals surface area (Å²) < 4.78 is 0. The molecule has 1 aromatic carbocycles. The van der Waals surface area contributed by atoms with Gasteiger partial charge in [0.1, 0.15) is 0 Å². The molecule has 0 heterocycles. The van der Waals surface area contributed by atoms with Gasteiger partial charge in [0.05, 0.1) is 0 Å². The first kappa shape index (κ1) is 15.5. The van der Waals surface area contributed by atoms with Crippen LogP contribution in [0.2, 0.25) is 0 Å². The summed E-state index contributed by atoms with van der Waals surface area (Å²) in [6, 6.07) is 7.20. The van der Waals surface area contributed by atoms with Crippen molar-refractivity contribution >= 4 is 30.6 Å². The molecule has 6 heteroatoms. The van der Waals surface area contributed by atoms with Crippen molar-refractivity contribution in [1.29, 1.82) is 0 Å². The van der Waals surface area contributed by atoms with Crippen LogP contribution in [0.4, 0.5) is 0 Å². The van der Waals surface area contributed by atoms with Crippen LogP contribution in [0.15, 0.2) is 29.4 Å². The number of oxime groups is 1. The molecule has 5 N–H and O–H groups in total. The predicted octanol–water partition coefficient (Wildman–Crippen LogP) is 1.08. The molecule has 0 amide bonds. The lowest BCUT2D eigenvalue weighted by Crippen LogP contribution is -2.12. The standard InChI is InChI=1S/C8H11N3O.2ClH/c9-5-6-1-3-7(4-2-6)8(10)11-12;;/h1-4,12H,5,9H2,(H2,10,11);2*1H. The Morgan fingerprint density at radius 1 is 1.21 bits per heavy atom. The third kappa shape index (κ3) is 3.83. The zero-order valence-corrected chi connectivity index (χ0v) is 9.02. The molecule has 0 aromatic heterocycles. The van der Waals surface area contributed by atoms with Gasteiger partial charge in [-0.25, -0.2) is 0 Å². The number of rotatable bonds is 2. The van der Waals surface area contributed by atoms with Crippen molar-refractivity contribution in [3.63, 3.8) is 0 Å². The van der Waals surface area contributed by atoms with Gasteiger partial charge in [0.15, 0.2) is 5.84 Å². The molecule has 0 spiro atoms. The van der Waals surface area contributed by atoms with Gasteiger partial charge < -0.3 is 16.7 Å². The maximum absolute atomic E-state index is 8.35. The average Bonchev–Trinajstić information content (AvgIpc) is 2.17. The van der Waals surface area contributed by atoms with Crippen molar-refractivity contribution in [3.05, 3.63) is 35.4 Å². The van der Waals surface area contributed by atoms with Crippen molar-refractivity contribution in [3.8, 4) is 0 Å². The summed E-state index contributed by atoms with van der Waals surface area (Å²) in [7, 11) is 0. The summed E-state index contributed by atoms with van der Waals surface area (Å²) in [6.07, 6.45) is 0. The van der Waals surface area contributed by atoms with E-state index >= 15 is 0 Å². The molecule has 0 unspecified atom stereocenters. The number of amidine groups is 1. The zero-order valence-electron chi connectivity index (χ0n) is 7.38.